The molecule has 0 aliphatic heterocycles. The smallest absolute Gasteiger partial charge is 0.00682 e. The Balaban J connectivity index is 1.61. The van der Waals surface area contributed by atoms with E-state index in [2.05, 4.69) is 27.7 Å². The first-order valence-corrected chi connectivity index (χ1v) is 10.2. The minimum atomic E-state index is 0.595. The molecule has 0 aromatic carbocycles. The zero-order chi connectivity index (χ0) is 15.4. The molecule has 0 aromatic rings. The molecule has 0 radical (unpaired) electrons. The van der Waals surface area contributed by atoms with Crippen molar-refractivity contribution in [3.05, 3.63) is 11.1 Å². The lowest BCUT2D eigenvalue weighted by atomic mass is 9.21. The molecular weight excluding hydrogens is 264 g/mol. The maximum atomic E-state index is 2.72. The molecule has 0 N–H and O–H groups in total. The lowest BCUT2D eigenvalue weighted by Gasteiger charge is -2.83. The highest BCUT2D eigenvalue weighted by Crippen LogP contribution is 2.89. The first-order chi connectivity index (χ1) is 10.4. The summed E-state index contributed by atoms with van der Waals surface area (Å²) in [5.74, 6) is 2.04. The Morgan fingerprint density at radius 3 is 2.55 bits per heavy atom. The summed E-state index contributed by atoms with van der Waals surface area (Å²) in [6, 6.07) is 0. The Hall–Kier alpha value is -0.260. The highest BCUT2D eigenvalue weighted by Gasteiger charge is 2.81. The molecule has 0 heterocycles. The van der Waals surface area contributed by atoms with Crippen LogP contribution in [0.4, 0.5) is 0 Å². The quantitative estimate of drug-likeness (QED) is 0.484. The second-order valence-electron chi connectivity index (χ2n) is 10.3. The van der Waals surface area contributed by atoms with Gasteiger partial charge in [-0.15, -0.1) is 0 Å². The molecule has 5 aliphatic carbocycles. The summed E-state index contributed by atoms with van der Waals surface area (Å²) in [5, 5.41) is 0. The van der Waals surface area contributed by atoms with Crippen LogP contribution >= 0.6 is 0 Å². The van der Waals surface area contributed by atoms with Crippen molar-refractivity contribution < 1.29 is 0 Å². The highest BCUT2D eigenvalue weighted by molar-refractivity contribution is 5.55. The van der Waals surface area contributed by atoms with E-state index in [1.54, 1.807) is 0 Å². The van der Waals surface area contributed by atoms with Crippen LogP contribution in [-0.2, 0) is 0 Å². The lowest BCUT2D eigenvalue weighted by Crippen LogP contribution is -2.75. The molecule has 0 saturated heterocycles. The number of hydrogen-bond donors (Lipinski definition) is 0. The molecule has 0 aromatic heterocycles. The van der Waals surface area contributed by atoms with E-state index in [4.69, 9.17) is 0 Å². The molecule has 4 unspecified atom stereocenters. The van der Waals surface area contributed by atoms with E-state index in [1.165, 1.54) is 64.2 Å². The maximum absolute atomic E-state index is 2.72. The normalized spacial score (nSPS) is 58.9. The van der Waals surface area contributed by atoms with Crippen LogP contribution in [0.15, 0.2) is 11.1 Å². The van der Waals surface area contributed by atoms with Gasteiger partial charge < -0.3 is 0 Å². The van der Waals surface area contributed by atoms with E-state index in [0.29, 0.717) is 21.7 Å². The van der Waals surface area contributed by atoms with Crippen molar-refractivity contribution in [2.45, 2.75) is 91.9 Å². The molecule has 0 heteroatoms. The predicted octanol–water partition coefficient (Wildman–Crippen LogP) is 6.51. The van der Waals surface area contributed by atoms with Gasteiger partial charge in [0.2, 0.25) is 0 Å². The van der Waals surface area contributed by atoms with Crippen LogP contribution in [0.1, 0.15) is 91.9 Å². The summed E-state index contributed by atoms with van der Waals surface area (Å²) in [6.45, 7) is 10.5. The summed E-state index contributed by atoms with van der Waals surface area (Å²) < 4.78 is 0. The predicted molar refractivity (Wildman–Crippen MR) is 92.6 cm³/mol. The van der Waals surface area contributed by atoms with Crippen LogP contribution in [0, 0.1) is 33.5 Å². The molecule has 0 bridgehead atoms. The number of rotatable bonds is 1. The van der Waals surface area contributed by atoms with Crippen molar-refractivity contribution in [2.24, 2.45) is 33.5 Å². The fourth-order valence-corrected chi connectivity index (χ4v) is 8.87. The van der Waals surface area contributed by atoms with Crippen LogP contribution < -0.4 is 0 Å². The highest BCUT2D eigenvalue weighted by atomic mass is 14.8. The van der Waals surface area contributed by atoms with Crippen LogP contribution in [0.3, 0.4) is 0 Å². The second kappa shape index (κ2) is 3.86. The first-order valence-electron chi connectivity index (χ1n) is 10.2. The third-order valence-corrected chi connectivity index (χ3v) is 10.4. The van der Waals surface area contributed by atoms with E-state index < -0.39 is 0 Å². The third-order valence-electron chi connectivity index (χ3n) is 10.4. The van der Waals surface area contributed by atoms with E-state index in [1.807, 2.05) is 11.1 Å². The summed E-state index contributed by atoms with van der Waals surface area (Å²) in [7, 11) is 0. The maximum Gasteiger partial charge on any atom is 0.00682 e. The van der Waals surface area contributed by atoms with Gasteiger partial charge in [0.15, 0.2) is 0 Å². The minimum absolute atomic E-state index is 0.595. The Morgan fingerprint density at radius 2 is 1.77 bits per heavy atom. The molecule has 4 fully saturated rings. The van der Waals surface area contributed by atoms with Gasteiger partial charge in [-0.1, -0.05) is 51.7 Å². The summed E-state index contributed by atoms with van der Waals surface area (Å²) in [5.41, 5.74) is 6.48. The van der Waals surface area contributed by atoms with Gasteiger partial charge >= 0.3 is 0 Å². The fraction of sp³-hybridized carbons (Fsp3) is 0.909. The lowest BCUT2D eigenvalue weighted by molar-refractivity contribution is -0.239. The van der Waals surface area contributed by atoms with Gasteiger partial charge in [0.1, 0.15) is 0 Å². The average molecular weight is 299 g/mol. The number of allylic oxidation sites excluding steroid dienone is 2. The van der Waals surface area contributed by atoms with Crippen molar-refractivity contribution in [1.82, 2.24) is 0 Å². The fourth-order valence-electron chi connectivity index (χ4n) is 8.87. The van der Waals surface area contributed by atoms with Gasteiger partial charge in [0, 0.05) is 5.41 Å². The van der Waals surface area contributed by atoms with E-state index in [9.17, 15) is 0 Å². The summed E-state index contributed by atoms with van der Waals surface area (Å²) in [6.07, 6.45) is 15.0. The van der Waals surface area contributed by atoms with Crippen molar-refractivity contribution >= 4 is 0 Å². The van der Waals surface area contributed by atoms with Gasteiger partial charge in [0.05, 0.1) is 0 Å². The van der Waals surface area contributed by atoms with E-state index >= 15 is 0 Å². The molecular formula is C22H34. The van der Waals surface area contributed by atoms with Crippen molar-refractivity contribution in [3.8, 4) is 0 Å². The van der Waals surface area contributed by atoms with Crippen LogP contribution in [0.5, 0.6) is 0 Å². The molecule has 22 heavy (non-hydrogen) atoms. The molecule has 5 rings (SSSR count). The first kappa shape index (κ1) is 14.1. The number of fused-ring (bicyclic) bond motifs is 3. The summed E-state index contributed by atoms with van der Waals surface area (Å²) in [4.78, 5) is 0. The largest absolute Gasteiger partial charge is 0.0651 e. The van der Waals surface area contributed by atoms with Crippen molar-refractivity contribution in [1.29, 1.82) is 0 Å². The van der Waals surface area contributed by atoms with Gasteiger partial charge in [-0.2, -0.15) is 0 Å². The monoisotopic (exact) mass is 298 g/mol. The Kier molecular flexibility index (Phi) is 2.48. The second-order valence-corrected chi connectivity index (χ2v) is 10.3. The molecule has 0 amide bonds. The standard InChI is InChI=1S/C22H34/c1-5-15-8-11-20(3)17(13-15)18-14-21(4)19(2)10-6-7-16(19)9-12-22(18,20)21/h15-16H,5-14H2,1-4H3/t15?,16?,19-,20?,21?,22+/m1/s1. The zero-order valence-corrected chi connectivity index (χ0v) is 15.2. The topological polar surface area (TPSA) is 0 Å². The van der Waals surface area contributed by atoms with E-state index in [0.717, 1.165) is 11.8 Å². The molecule has 4 saturated carbocycles. The molecule has 6 atom stereocenters. The minimum Gasteiger partial charge on any atom is -0.0651 e. The Morgan fingerprint density at radius 1 is 0.955 bits per heavy atom. The molecule has 5 aliphatic rings. The molecule has 1 spiro atoms. The SMILES string of the molecule is CCC1CCC2(C)C(=C3CC4(C)[C@@]32CCC2CCC[C@]24C)C1. The Bertz CT molecular complexity index is 571. The average Bonchev–Trinajstić information content (AvgIpc) is 2.88. The van der Waals surface area contributed by atoms with E-state index in [-0.39, 0.29) is 0 Å². The number of hydrogen-bond acceptors (Lipinski definition) is 0. The molecule has 122 valence electrons. The van der Waals surface area contributed by atoms with Gasteiger partial charge in [-0.25, -0.2) is 0 Å². The Labute approximate surface area is 137 Å². The van der Waals surface area contributed by atoms with Gasteiger partial charge in [0.25, 0.3) is 0 Å². The van der Waals surface area contributed by atoms with Crippen molar-refractivity contribution in [3.63, 3.8) is 0 Å². The van der Waals surface area contributed by atoms with Crippen molar-refractivity contribution in [2.75, 3.05) is 0 Å². The van der Waals surface area contributed by atoms with Gasteiger partial charge in [-0.3, -0.25) is 0 Å². The van der Waals surface area contributed by atoms with Crippen LogP contribution in [-0.4, -0.2) is 0 Å². The summed E-state index contributed by atoms with van der Waals surface area (Å²) >= 11 is 0. The van der Waals surface area contributed by atoms with Crippen LogP contribution in [0.2, 0.25) is 0 Å². The van der Waals surface area contributed by atoms with Crippen LogP contribution in [0.25, 0.3) is 0 Å². The third kappa shape index (κ3) is 1.12. The molecule has 0 nitrogen and oxygen atoms in total. The van der Waals surface area contributed by atoms with Gasteiger partial charge in [-0.05, 0) is 79.4 Å². The zero-order valence-electron chi connectivity index (χ0n) is 15.2.